The third-order valence-corrected chi connectivity index (χ3v) is 3.54. The highest BCUT2D eigenvalue weighted by Gasteiger charge is 2.28. The van der Waals surface area contributed by atoms with Gasteiger partial charge in [-0.1, -0.05) is 48.2 Å². The first kappa shape index (κ1) is 14.3. The summed E-state index contributed by atoms with van der Waals surface area (Å²) in [5, 5.41) is 8.26. The molecule has 1 aromatic carbocycles. The molecule has 0 saturated carbocycles. The topological polar surface area (TPSA) is 61.8 Å². The Morgan fingerprint density at radius 1 is 1.30 bits per heavy atom. The number of hydrogen-bond donors (Lipinski definition) is 1. The molecule has 104 valence electrons. The van der Waals surface area contributed by atoms with Crippen LogP contribution in [0.3, 0.4) is 0 Å². The second-order valence-corrected chi connectivity index (χ2v) is 5.33. The first-order valence-electron chi connectivity index (χ1n) is 6.12. The van der Waals surface area contributed by atoms with Gasteiger partial charge in [-0.05, 0) is 11.6 Å². The van der Waals surface area contributed by atoms with Gasteiger partial charge >= 0.3 is 0 Å². The van der Waals surface area contributed by atoms with Gasteiger partial charge in [0.15, 0.2) is 5.17 Å². The zero-order valence-corrected chi connectivity index (χ0v) is 12.1. The molecule has 0 aromatic heterocycles. The molecule has 0 fully saturated rings. The van der Waals surface area contributed by atoms with Crippen LogP contribution in [0.4, 0.5) is 0 Å². The number of hydrazone groups is 1. The van der Waals surface area contributed by atoms with Gasteiger partial charge in [0.25, 0.3) is 0 Å². The number of amides is 2. The minimum absolute atomic E-state index is 0.166. The first-order chi connectivity index (χ1) is 9.56. The fourth-order valence-electron chi connectivity index (χ4n) is 1.68. The first-order valence-corrected chi connectivity index (χ1v) is 7.00. The van der Waals surface area contributed by atoms with Crippen molar-refractivity contribution in [1.29, 1.82) is 0 Å². The van der Waals surface area contributed by atoms with E-state index in [2.05, 4.69) is 10.4 Å². The number of amidine groups is 1. The van der Waals surface area contributed by atoms with E-state index < -0.39 is 0 Å². The predicted molar refractivity (Wildman–Crippen MR) is 80.6 cm³/mol. The van der Waals surface area contributed by atoms with E-state index in [0.717, 1.165) is 5.56 Å². The molecule has 0 aliphatic carbocycles. The maximum atomic E-state index is 11.6. The average Bonchev–Trinajstić information content (AvgIpc) is 2.80. The number of thioether (sulfide) groups is 1. The van der Waals surface area contributed by atoms with Gasteiger partial charge in [-0.3, -0.25) is 9.59 Å². The van der Waals surface area contributed by atoms with Crippen LogP contribution >= 0.6 is 11.8 Å². The van der Waals surface area contributed by atoms with E-state index in [-0.39, 0.29) is 17.2 Å². The molecule has 5 nitrogen and oxygen atoms in total. The summed E-state index contributed by atoms with van der Waals surface area (Å²) in [6.07, 6.45) is 3.82. The lowest BCUT2D eigenvalue weighted by Gasteiger charge is -2.14. The standard InChI is InChI=1S/C14H15N3O2S/c1-10(18)15-14-16-17(11(2)19)13(20-14)9-8-12-6-4-3-5-7-12/h3-9,13H,1-2H3,(H,15,16,18). The molecule has 0 radical (unpaired) electrons. The van der Waals surface area contributed by atoms with Crippen molar-refractivity contribution in [2.24, 2.45) is 5.10 Å². The van der Waals surface area contributed by atoms with Gasteiger partial charge in [-0.2, -0.15) is 0 Å². The molecule has 0 saturated heterocycles. The van der Waals surface area contributed by atoms with Crippen molar-refractivity contribution in [2.45, 2.75) is 19.2 Å². The van der Waals surface area contributed by atoms with Crippen molar-refractivity contribution in [3.8, 4) is 0 Å². The van der Waals surface area contributed by atoms with Gasteiger partial charge in [0.05, 0.1) is 0 Å². The smallest absolute Gasteiger partial charge is 0.241 e. The molecule has 1 aromatic rings. The molecule has 1 aliphatic heterocycles. The second kappa shape index (κ2) is 6.38. The summed E-state index contributed by atoms with van der Waals surface area (Å²) in [5.41, 5.74) is 1.05. The van der Waals surface area contributed by atoms with Gasteiger partial charge in [0, 0.05) is 13.8 Å². The van der Waals surface area contributed by atoms with E-state index in [1.165, 1.54) is 30.6 Å². The summed E-state index contributed by atoms with van der Waals surface area (Å²) in [5.74, 6) is -0.368. The predicted octanol–water partition coefficient (Wildman–Crippen LogP) is 2.03. The minimum Gasteiger partial charge on any atom is -0.304 e. The summed E-state index contributed by atoms with van der Waals surface area (Å²) in [7, 11) is 0. The molecule has 0 spiro atoms. The Morgan fingerprint density at radius 2 is 2.00 bits per heavy atom. The van der Waals surface area contributed by atoms with E-state index >= 15 is 0 Å². The monoisotopic (exact) mass is 289 g/mol. The molecule has 0 bridgehead atoms. The fraction of sp³-hybridized carbons (Fsp3) is 0.214. The molecule has 2 amide bonds. The summed E-state index contributed by atoms with van der Waals surface area (Å²) >= 11 is 1.33. The highest BCUT2D eigenvalue weighted by atomic mass is 32.2. The Labute approximate surface area is 121 Å². The minimum atomic E-state index is -0.241. The molecule has 1 N–H and O–H groups in total. The SMILES string of the molecule is CC(=O)NC1=NN(C(C)=O)C(C=Cc2ccccc2)S1. The molecule has 1 unspecified atom stereocenters. The maximum absolute atomic E-state index is 11.6. The highest BCUT2D eigenvalue weighted by molar-refractivity contribution is 8.14. The lowest BCUT2D eigenvalue weighted by molar-refractivity contribution is -0.128. The normalized spacial score (nSPS) is 18.2. The van der Waals surface area contributed by atoms with Crippen LogP contribution in [-0.4, -0.2) is 27.4 Å². The van der Waals surface area contributed by atoms with Crippen LogP contribution in [0.1, 0.15) is 19.4 Å². The van der Waals surface area contributed by atoms with Crippen molar-refractivity contribution in [3.05, 3.63) is 42.0 Å². The molecule has 2 rings (SSSR count). The third-order valence-electron chi connectivity index (χ3n) is 2.53. The van der Waals surface area contributed by atoms with Gasteiger partial charge in [-0.15, -0.1) is 5.10 Å². The zero-order valence-electron chi connectivity index (χ0n) is 11.2. The number of carbonyl (C=O) groups is 2. The van der Waals surface area contributed by atoms with E-state index in [4.69, 9.17) is 0 Å². The van der Waals surface area contributed by atoms with Crippen molar-refractivity contribution in [3.63, 3.8) is 0 Å². The lowest BCUT2D eigenvalue weighted by atomic mass is 10.2. The van der Waals surface area contributed by atoms with Gasteiger partial charge < -0.3 is 5.32 Å². The lowest BCUT2D eigenvalue weighted by Crippen LogP contribution is -2.27. The number of carbonyl (C=O) groups excluding carboxylic acids is 2. The number of rotatable bonds is 2. The van der Waals surface area contributed by atoms with Gasteiger partial charge in [-0.25, -0.2) is 5.01 Å². The molecule has 1 heterocycles. The van der Waals surface area contributed by atoms with E-state index in [9.17, 15) is 9.59 Å². The summed E-state index contributed by atoms with van der Waals surface area (Å²) in [4.78, 5) is 22.6. The number of benzene rings is 1. The summed E-state index contributed by atoms with van der Waals surface area (Å²) in [6.45, 7) is 2.86. The van der Waals surface area contributed by atoms with Crippen LogP contribution in [0.25, 0.3) is 6.08 Å². The van der Waals surface area contributed by atoms with E-state index in [0.29, 0.717) is 5.17 Å². The Kier molecular flexibility index (Phi) is 4.57. The van der Waals surface area contributed by atoms with Crippen LogP contribution in [-0.2, 0) is 9.59 Å². The van der Waals surface area contributed by atoms with Crippen LogP contribution in [0.2, 0.25) is 0 Å². The Bertz CT molecular complexity index is 569. The third kappa shape index (κ3) is 3.71. The quantitative estimate of drug-likeness (QED) is 0.906. The Hall–Kier alpha value is -2.08. The summed E-state index contributed by atoms with van der Waals surface area (Å²) < 4.78 is 0. The van der Waals surface area contributed by atoms with E-state index in [1.54, 1.807) is 0 Å². The average molecular weight is 289 g/mol. The molecule has 6 heteroatoms. The van der Waals surface area contributed by atoms with Gasteiger partial charge in [0.2, 0.25) is 11.8 Å². The van der Waals surface area contributed by atoms with Crippen molar-refractivity contribution in [2.75, 3.05) is 0 Å². The van der Waals surface area contributed by atoms with Crippen molar-refractivity contribution < 1.29 is 9.59 Å². The van der Waals surface area contributed by atoms with E-state index in [1.807, 2.05) is 42.5 Å². The second-order valence-electron chi connectivity index (χ2n) is 4.23. The van der Waals surface area contributed by atoms with Crippen LogP contribution in [0, 0.1) is 0 Å². The molecular weight excluding hydrogens is 274 g/mol. The molecule has 1 aliphatic rings. The summed E-state index contributed by atoms with van der Waals surface area (Å²) in [6, 6.07) is 9.79. The Morgan fingerprint density at radius 3 is 2.60 bits per heavy atom. The van der Waals surface area contributed by atoms with Crippen LogP contribution in [0.15, 0.2) is 41.5 Å². The van der Waals surface area contributed by atoms with Crippen LogP contribution in [0.5, 0.6) is 0 Å². The largest absolute Gasteiger partial charge is 0.304 e. The van der Waals surface area contributed by atoms with Crippen LogP contribution < -0.4 is 5.32 Å². The number of hydrogen-bond acceptors (Lipinski definition) is 4. The van der Waals surface area contributed by atoms with Crippen molar-refractivity contribution in [1.82, 2.24) is 10.3 Å². The van der Waals surface area contributed by atoms with Crippen molar-refractivity contribution >= 4 is 34.8 Å². The number of nitrogens with one attached hydrogen (secondary N) is 1. The Balaban J connectivity index is 2.10. The maximum Gasteiger partial charge on any atom is 0.241 e. The number of nitrogens with zero attached hydrogens (tertiary/aromatic N) is 2. The van der Waals surface area contributed by atoms with Gasteiger partial charge in [0.1, 0.15) is 5.37 Å². The highest BCUT2D eigenvalue weighted by Crippen LogP contribution is 2.26. The molecule has 1 atom stereocenters. The zero-order chi connectivity index (χ0) is 14.5. The molecular formula is C14H15N3O2S. The fourth-order valence-corrected chi connectivity index (χ4v) is 2.69. The molecule has 20 heavy (non-hydrogen) atoms.